The Kier molecular flexibility index (Phi) is 10.3. The largest absolute Gasteiger partial charge is 0.512 e. The molecule has 3 aromatic heterocycles. The number of carbonyl (C=O) groups excluding carboxylic acids is 1. The quantitative estimate of drug-likeness (QED) is 0.0416. The third-order valence-corrected chi connectivity index (χ3v) is 11.8. The number of carbonyl (C=O) groups is 1. The number of ketones is 1. The van der Waals surface area contributed by atoms with Gasteiger partial charge in [0.2, 0.25) is 0 Å². The van der Waals surface area contributed by atoms with Crippen molar-refractivity contribution in [2.45, 2.75) is 86.9 Å². The van der Waals surface area contributed by atoms with E-state index >= 15 is 0 Å². The van der Waals surface area contributed by atoms with Crippen LogP contribution in [-0.4, -0.2) is 33.3 Å². The Labute approximate surface area is 281 Å². The van der Waals surface area contributed by atoms with E-state index in [2.05, 4.69) is 84.5 Å². The summed E-state index contributed by atoms with van der Waals surface area (Å²) in [7, 11) is -1.50. The number of aromatic nitrogens is 3. The molecule has 0 amide bonds. The molecule has 6 rings (SSSR count). The van der Waals surface area contributed by atoms with Crippen LogP contribution in [0.2, 0.25) is 19.6 Å². The second-order valence-corrected chi connectivity index (χ2v) is 18.6. The second kappa shape index (κ2) is 13.3. The summed E-state index contributed by atoms with van der Waals surface area (Å²) in [6.45, 7) is 19.3. The maximum atomic E-state index is 12.0. The van der Waals surface area contributed by atoms with Crippen molar-refractivity contribution in [2.24, 2.45) is 11.3 Å². The predicted octanol–water partition coefficient (Wildman–Crippen LogP) is 9.69. The SMILES string of the molecule is CCC(CC)/C(O)=C/C(=O)C(C)(CC)CC.Cc1[c-]c2c3ncnc4cc([Si](C)(C)C)cc(c43)n3c4ccccc4c(c1)c23.[Ir]. The first-order valence-corrected chi connectivity index (χ1v) is 19.6. The molecule has 0 fully saturated rings. The summed E-state index contributed by atoms with van der Waals surface area (Å²) in [5.41, 5.74) is 6.52. The molecule has 0 aliphatic carbocycles. The van der Waals surface area contributed by atoms with E-state index in [0.717, 1.165) is 53.1 Å². The number of nitrogens with zero attached hydrogens (tertiary/aromatic N) is 3. The van der Waals surface area contributed by atoms with Crippen LogP contribution in [0.3, 0.4) is 0 Å². The summed E-state index contributed by atoms with van der Waals surface area (Å²) >= 11 is 0. The molecule has 0 saturated heterocycles. The molecule has 7 heteroatoms. The average Bonchev–Trinajstić information content (AvgIpc) is 3.34. The minimum Gasteiger partial charge on any atom is -0.512 e. The fraction of sp³-hybridized carbons (Fsp3) is 0.395. The second-order valence-electron chi connectivity index (χ2n) is 13.5. The molecule has 3 heterocycles. The van der Waals surface area contributed by atoms with Crippen molar-refractivity contribution in [3.05, 3.63) is 72.3 Å². The van der Waals surface area contributed by atoms with Crippen LogP contribution < -0.4 is 5.19 Å². The van der Waals surface area contributed by atoms with E-state index in [-0.39, 0.29) is 43.0 Å². The molecule has 0 bridgehead atoms. The number of allylic oxidation sites excluding steroid dienone is 2. The molecule has 45 heavy (non-hydrogen) atoms. The average molecular weight is 797 g/mol. The van der Waals surface area contributed by atoms with Crippen molar-refractivity contribution in [1.29, 1.82) is 0 Å². The fourth-order valence-corrected chi connectivity index (χ4v) is 7.43. The van der Waals surface area contributed by atoms with Crippen LogP contribution in [0.4, 0.5) is 0 Å². The molecule has 0 aliphatic rings. The molecule has 0 spiro atoms. The van der Waals surface area contributed by atoms with Crippen LogP contribution in [0.5, 0.6) is 0 Å². The van der Waals surface area contributed by atoms with Gasteiger partial charge < -0.3 is 9.51 Å². The minimum absolute atomic E-state index is 0. The molecule has 0 atom stereocenters. The molecule has 0 unspecified atom stereocenters. The van der Waals surface area contributed by atoms with Crippen molar-refractivity contribution in [1.82, 2.24) is 14.4 Å². The van der Waals surface area contributed by atoms with Crippen molar-refractivity contribution in [2.75, 3.05) is 0 Å². The number of hydrogen-bond donors (Lipinski definition) is 1. The molecule has 1 radical (unpaired) electrons. The standard InChI is InChI=1S/C24H20N3Si.C14H26O2.Ir/c1-14-9-17-16-7-5-6-8-20(16)27-21-12-15(28(2,3)4)11-19-22(21)23(26-13-25-19)18(10-14)24(17)27;1-6-11(7-2)12(15)10-13(16)14(5,8-3)9-4;/h5-9,11-13H,1-4H3;10-11,15H,6-9H2,1-5H3;/q-1;;/b;12-10-;. The van der Waals surface area contributed by atoms with Gasteiger partial charge in [-0.05, 0) is 54.8 Å². The van der Waals surface area contributed by atoms with E-state index in [1.165, 1.54) is 38.6 Å². The first kappa shape index (κ1) is 34.7. The number of fused-ring (bicyclic) bond motifs is 5. The predicted molar refractivity (Wildman–Crippen MR) is 189 cm³/mol. The zero-order chi connectivity index (χ0) is 32.0. The number of benzene rings is 3. The van der Waals surface area contributed by atoms with Gasteiger partial charge in [0.15, 0.2) is 5.78 Å². The smallest absolute Gasteiger partial charge is 0.164 e. The van der Waals surface area contributed by atoms with Crippen molar-refractivity contribution in [3.8, 4) is 0 Å². The van der Waals surface area contributed by atoms with Gasteiger partial charge >= 0.3 is 0 Å². The number of aliphatic hydroxyl groups is 1. The third-order valence-electron chi connectivity index (χ3n) is 9.73. The van der Waals surface area contributed by atoms with Crippen LogP contribution in [0.15, 0.2) is 60.6 Å². The van der Waals surface area contributed by atoms with E-state index < -0.39 is 8.07 Å². The van der Waals surface area contributed by atoms with Crippen LogP contribution in [0, 0.1) is 24.3 Å². The van der Waals surface area contributed by atoms with Gasteiger partial charge in [0.1, 0.15) is 6.33 Å². The Balaban J connectivity index is 0.000000236. The number of rotatable bonds is 8. The van der Waals surface area contributed by atoms with Crippen molar-refractivity contribution < 1.29 is 30.0 Å². The van der Waals surface area contributed by atoms with Gasteiger partial charge in [0.05, 0.1) is 19.3 Å². The maximum absolute atomic E-state index is 12.0. The summed E-state index contributed by atoms with van der Waals surface area (Å²) in [6.07, 6.45) is 6.53. The molecule has 6 aromatic rings. The zero-order valence-electron chi connectivity index (χ0n) is 28.1. The van der Waals surface area contributed by atoms with Gasteiger partial charge in [0.25, 0.3) is 0 Å². The first-order valence-electron chi connectivity index (χ1n) is 16.1. The maximum Gasteiger partial charge on any atom is 0.164 e. The normalized spacial score (nSPS) is 12.8. The van der Waals surface area contributed by atoms with Gasteiger partial charge in [-0.2, -0.15) is 0 Å². The van der Waals surface area contributed by atoms with Gasteiger partial charge in [-0.25, -0.2) is 4.98 Å². The van der Waals surface area contributed by atoms with Crippen molar-refractivity contribution >= 4 is 68.2 Å². The fourth-order valence-electron chi connectivity index (χ4n) is 6.29. The Morgan fingerprint density at radius 2 is 1.67 bits per heavy atom. The Morgan fingerprint density at radius 3 is 2.29 bits per heavy atom. The molecule has 1 N–H and O–H groups in total. The number of aliphatic hydroxyl groups excluding tert-OH is 1. The van der Waals surface area contributed by atoms with E-state index in [1.54, 1.807) is 6.33 Å². The molecule has 0 aliphatic heterocycles. The van der Waals surface area contributed by atoms with Crippen molar-refractivity contribution in [3.63, 3.8) is 0 Å². The van der Waals surface area contributed by atoms with Crippen LogP contribution in [0.1, 0.15) is 65.9 Å². The number of para-hydroxylation sites is 1. The Hall–Kier alpha value is -3.12. The molecule has 239 valence electrons. The summed E-state index contributed by atoms with van der Waals surface area (Å²) in [5, 5.41) is 16.1. The Bertz CT molecular complexity index is 2010. The molecule has 3 aromatic carbocycles. The van der Waals surface area contributed by atoms with Crippen LogP contribution >= 0.6 is 0 Å². The van der Waals surface area contributed by atoms with Gasteiger partial charge in [0, 0.05) is 59.5 Å². The minimum atomic E-state index is -1.50. The number of aryl methyl sites for hydroxylation is 1. The summed E-state index contributed by atoms with van der Waals surface area (Å²) < 4.78 is 2.41. The Morgan fingerprint density at radius 1 is 1.00 bits per heavy atom. The third kappa shape index (κ3) is 6.19. The monoisotopic (exact) mass is 797 g/mol. The first-order chi connectivity index (χ1) is 20.9. The summed E-state index contributed by atoms with van der Waals surface area (Å²) in [6, 6.07) is 19.2. The van der Waals surface area contributed by atoms with Crippen LogP contribution in [0.25, 0.3) is 49.1 Å². The van der Waals surface area contributed by atoms with Crippen LogP contribution in [-0.2, 0) is 24.9 Å². The molecule has 0 saturated carbocycles. The topological polar surface area (TPSA) is 67.5 Å². The van der Waals surface area contributed by atoms with E-state index in [4.69, 9.17) is 4.98 Å². The van der Waals surface area contributed by atoms with Gasteiger partial charge in [-0.1, -0.05) is 95.3 Å². The van der Waals surface area contributed by atoms with Gasteiger partial charge in [-0.3, -0.25) is 9.78 Å². The number of pyridine rings is 1. The summed E-state index contributed by atoms with van der Waals surface area (Å²) in [5.74, 6) is 0.437. The van der Waals surface area contributed by atoms with Gasteiger partial charge in [-0.15, -0.1) is 17.7 Å². The molecule has 5 nitrogen and oxygen atoms in total. The van der Waals surface area contributed by atoms with E-state index in [0.29, 0.717) is 0 Å². The molecular formula is C38H46IrN3O2Si-. The molecular weight excluding hydrogens is 751 g/mol. The zero-order valence-corrected chi connectivity index (χ0v) is 31.5. The number of hydrogen-bond acceptors (Lipinski definition) is 4. The summed E-state index contributed by atoms with van der Waals surface area (Å²) in [4.78, 5) is 21.4. The van der Waals surface area contributed by atoms with E-state index in [9.17, 15) is 9.90 Å². The van der Waals surface area contributed by atoms with E-state index in [1.807, 2.05) is 34.6 Å².